The maximum atomic E-state index is 4.39. The summed E-state index contributed by atoms with van der Waals surface area (Å²) in [4.78, 5) is 9.31. The minimum atomic E-state index is 0. The van der Waals surface area contributed by atoms with Crippen molar-refractivity contribution < 1.29 is 0 Å². The van der Waals surface area contributed by atoms with Gasteiger partial charge in [0.05, 0.1) is 0 Å². The Morgan fingerprint density at radius 2 is 1.89 bits per heavy atom. The fourth-order valence-corrected chi connectivity index (χ4v) is 3.48. The van der Waals surface area contributed by atoms with E-state index >= 15 is 0 Å². The monoisotopic (exact) mass is 487 g/mol. The molecule has 2 N–H and O–H groups in total. The lowest BCUT2D eigenvalue weighted by Crippen LogP contribution is -2.50. The van der Waals surface area contributed by atoms with Gasteiger partial charge in [0.1, 0.15) is 0 Å². The number of nitrogens with one attached hydrogen (secondary N) is 2. The van der Waals surface area contributed by atoms with Gasteiger partial charge in [-0.1, -0.05) is 30.3 Å². The van der Waals surface area contributed by atoms with Gasteiger partial charge < -0.3 is 20.4 Å². The summed E-state index contributed by atoms with van der Waals surface area (Å²) in [6.07, 6.45) is 3.49. The Morgan fingerprint density at radius 1 is 1.22 bits per heavy atom. The Hall–Kier alpha value is -0.860. The van der Waals surface area contributed by atoms with Crippen LogP contribution in [0.3, 0.4) is 0 Å². The smallest absolute Gasteiger partial charge is 0.191 e. The van der Waals surface area contributed by atoms with Gasteiger partial charge in [0, 0.05) is 45.3 Å². The van der Waals surface area contributed by atoms with Crippen molar-refractivity contribution in [2.45, 2.75) is 51.7 Å². The molecule has 0 radical (unpaired) electrons. The summed E-state index contributed by atoms with van der Waals surface area (Å²) < 4.78 is 0. The first-order chi connectivity index (χ1) is 12.6. The van der Waals surface area contributed by atoms with E-state index in [9.17, 15) is 0 Å². The van der Waals surface area contributed by atoms with Crippen LogP contribution in [0, 0.1) is 0 Å². The van der Waals surface area contributed by atoms with Gasteiger partial charge in [-0.15, -0.1) is 24.0 Å². The Balaban J connectivity index is 0.00000364. The summed E-state index contributed by atoms with van der Waals surface area (Å²) >= 11 is 0. The molecule has 154 valence electrons. The summed E-state index contributed by atoms with van der Waals surface area (Å²) in [7, 11) is 4.04. The van der Waals surface area contributed by atoms with Gasteiger partial charge >= 0.3 is 0 Å². The van der Waals surface area contributed by atoms with E-state index in [2.05, 4.69) is 76.7 Å². The molecule has 0 unspecified atom stereocenters. The minimum absolute atomic E-state index is 0. The number of rotatable bonds is 8. The van der Waals surface area contributed by atoms with Gasteiger partial charge in [0.2, 0.25) is 0 Å². The molecule has 2 rings (SSSR count). The van der Waals surface area contributed by atoms with Crippen LogP contribution >= 0.6 is 24.0 Å². The van der Waals surface area contributed by atoms with Crippen molar-refractivity contribution in [1.29, 1.82) is 0 Å². The zero-order valence-corrected chi connectivity index (χ0v) is 19.8. The number of aliphatic imine (C=N–C) groups is 1. The first-order valence-corrected chi connectivity index (χ1v) is 10.0. The average Bonchev–Trinajstić information content (AvgIpc) is 2.65. The molecule has 1 heterocycles. The van der Waals surface area contributed by atoms with Crippen LogP contribution in [-0.4, -0.2) is 68.1 Å². The lowest BCUT2D eigenvalue weighted by molar-refractivity contribution is 0.167. The van der Waals surface area contributed by atoms with Crippen LogP contribution in [0.5, 0.6) is 0 Å². The van der Waals surface area contributed by atoms with Gasteiger partial charge in [-0.3, -0.25) is 4.99 Å². The lowest BCUT2D eigenvalue weighted by atomic mass is 10.0. The van der Waals surface area contributed by atoms with E-state index in [0.717, 1.165) is 32.0 Å². The van der Waals surface area contributed by atoms with Crippen molar-refractivity contribution in [1.82, 2.24) is 20.4 Å². The van der Waals surface area contributed by atoms with E-state index in [1.165, 1.54) is 31.5 Å². The Labute approximate surface area is 183 Å². The molecule has 0 spiro atoms. The zero-order valence-electron chi connectivity index (χ0n) is 17.4. The molecular weight excluding hydrogens is 449 g/mol. The largest absolute Gasteiger partial charge is 0.356 e. The topological polar surface area (TPSA) is 42.9 Å². The zero-order chi connectivity index (χ0) is 18.8. The number of hydrogen-bond donors (Lipinski definition) is 2. The van der Waals surface area contributed by atoms with Crippen LogP contribution in [0.15, 0.2) is 35.3 Å². The van der Waals surface area contributed by atoms with Crippen molar-refractivity contribution >= 4 is 29.9 Å². The maximum absolute atomic E-state index is 4.39. The molecular formula is C21H38IN5. The molecule has 0 amide bonds. The van der Waals surface area contributed by atoms with Crippen molar-refractivity contribution in [2.24, 2.45) is 4.99 Å². The molecule has 6 heteroatoms. The summed E-state index contributed by atoms with van der Waals surface area (Å²) in [5.41, 5.74) is 1.37. The Bertz CT molecular complexity index is 527. The van der Waals surface area contributed by atoms with Gasteiger partial charge in [-0.2, -0.15) is 0 Å². The third-order valence-electron chi connectivity index (χ3n) is 5.13. The molecule has 0 saturated carbocycles. The molecule has 0 aromatic heterocycles. The number of benzene rings is 1. The predicted octanol–water partition coefficient (Wildman–Crippen LogP) is 3.16. The van der Waals surface area contributed by atoms with E-state index in [4.69, 9.17) is 0 Å². The fraction of sp³-hybridized carbons (Fsp3) is 0.667. The molecule has 0 aliphatic carbocycles. The molecule has 5 nitrogen and oxygen atoms in total. The number of piperidine rings is 1. The molecule has 1 saturated heterocycles. The highest BCUT2D eigenvalue weighted by atomic mass is 127. The van der Waals surface area contributed by atoms with Gasteiger partial charge in [0.25, 0.3) is 0 Å². The Morgan fingerprint density at radius 3 is 2.48 bits per heavy atom. The molecule has 0 bridgehead atoms. The standard InChI is InChI=1S/C21H37N5.HI/c1-18(2)26-15-11-20(12-16-26)24-21(22-3)23-13-8-14-25(4)17-19-9-6-5-7-10-19;/h5-7,9-10,18,20H,8,11-17H2,1-4H3,(H2,22,23,24);1H. The van der Waals surface area contributed by atoms with E-state index in [1.807, 2.05) is 7.05 Å². The number of guanidine groups is 1. The highest BCUT2D eigenvalue weighted by molar-refractivity contribution is 14.0. The minimum Gasteiger partial charge on any atom is -0.356 e. The summed E-state index contributed by atoms with van der Waals surface area (Å²) in [6, 6.07) is 11.8. The van der Waals surface area contributed by atoms with Crippen molar-refractivity contribution in [3.05, 3.63) is 35.9 Å². The second-order valence-electron chi connectivity index (χ2n) is 7.62. The normalized spacial score (nSPS) is 16.4. The van der Waals surface area contributed by atoms with Gasteiger partial charge in [-0.25, -0.2) is 0 Å². The van der Waals surface area contributed by atoms with Gasteiger partial charge in [0.15, 0.2) is 5.96 Å². The summed E-state index contributed by atoms with van der Waals surface area (Å²) in [5, 5.41) is 7.06. The first-order valence-electron chi connectivity index (χ1n) is 10.0. The first kappa shape index (κ1) is 24.2. The van der Waals surface area contributed by atoms with Crippen molar-refractivity contribution in [3.63, 3.8) is 0 Å². The SMILES string of the molecule is CN=C(NCCCN(C)Cc1ccccc1)NC1CCN(C(C)C)CC1.I. The summed E-state index contributed by atoms with van der Waals surface area (Å²) in [5.74, 6) is 0.943. The average molecular weight is 487 g/mol. The van der Waals surface area contributed by atoms with Gasteiger partial charge in [-0.05, 0) is 52.3 Å². The molecule has 1 aromatic carbocycles. The second kappa shape index (κ2) is 13.3. The number of hydrogen-bond acceptors (Lipinski definition) is 3. The van der Waals surface area contributed by atoms with E-state index in [1.54, 1.807) is 0 Å². The van der Waals surface area contributed by atoms with E-state index < -0.39 is 0 Å². The van der Waals surface area contributed by atoms with Crippen LogP contribution in [0.2, 0.25) is 0 Å². The quantitative estimate of drug-likeness (QED) is 0.256. The van der Waals surface area contributed by atoms with Crippen LogP contribution in [-0.2, 0) is 6.54 Å². The molecule has 1 aliphatic rings. The van der Waals surface area contributed by atoms with Crippen molar-refractivity contribution in [3.8, 4) is 0 Å². The van der Waals surface area contributed by atoms with E-state index in [0.29, 0.717) is 12.1 Å². The predicted molar refractivity (Wildman–Crippen MR) is 127 cm³/mol. The number of likely N-dealkylation sites (tertiary alicyclic amines) is 1. The second-order valence-corrected chi connectivity index (χ2v) is 7.62. The fourth-order valence-electron chi connectivity index (χ4n) is 3.48. The van der Waals surface area contributed by atoms with Crippen LogP contribution in [0.1, 0.15) is 38.7 Å². The maximum Gasteiger partial charge on any atom is 0.191 e. The molecule has 0 atom stereocenters. The molecule has 1 aliphatic heterocycles. The third kappa shape index (κ3) is 9.25. The lowest BCUT2D eigenvalue weighted by Gasteiger charge is -2.35. The third-order valence-corrected chi connectivity index (χ3v) is 5.13. The highest BCUT2D eigenvalue weighted by Crippen LogP contribution is 2.12. The number of nitrogens with zero attached hydrogens (tertiary/aromatic N) is 3. The van der Waals surface area contributed by atoms with Crippen LogP contribution < -0.4 is 10.6 Å². The number of halogens is 1. The molecule has 1 aromatic rings. The molecule has 27 heavy (non-hydrogen) atoms. The van der Waals surface area contributed by atoms with Crippen LogP contribution in [0.25, 0.3) is 0 Å². The van der Waals surface area contributed by atoms with Crippen molar-refractivity contribution in [2.75, 3.05) is 40.3 Å². The molecule has 1 fully saturated rings. The summed E-state index contributed by atoms with van der Waals surface area (Å²) in [6.45, 7) is 9.94. The Kier molecular flexibility index (Phi) is 11.9. The van der Waals surface area contributed by atoms with Crippen LogP contribution in [0.4, 0.5) is 0 Å². The highest BCUT2D eigenvalue weighted by Gasteiger charge is 2.21. The van der Waals surface area contributed by atoms with E-state index in [-0.39, 0.29) is 24.0 Å².